The number of hydrogen-bond acceptors (Lipinski definition) is 4. The molecular weight excluding hydrogens is 392 g/mol. The summed E-state index contributed by atoms with van der Waals surface area (Å²) in [6.45, 7) is 5.87. The van der Waals surface area contributed by atoms with Gasteiger partial charge in [0.2, 0.25) is 0 Å². The number of carbonyl (C=O) groups is 1. The Morgan fingerprint density at radius 2 is 1.69 bits per heavy atom. The van der Waals surface area contributed by atoms with Gasteiger partial charge >= 0.3 is 0 Å². The van der Waals surface area contributed by atoms with Crippen LogP contribution in [0, 0.1) is 0 Å². The summed E-state index contributed by atoms with van der Waals surface area (Å²) >= 11 is 3.41. The highest BCUT2D eigenvalue weighted by atomic mass is 79.9. The molecule has 0 saturated carbocycles. The summed E-state index contributed by atoms with van der Waals surface area (Å²) in [5.74, 6) is -0.0744. The highest BCUT2D eigenvalue weighted by molar-refractivity contribution is 9.10. The smallest absolute Gasteiger partial charge is 0.254 e. The number of amides is 1. The van der Waals surface area contributed by atoms with Crippen LogP contribution in [-0.4, -0.2) is 49.2 Å². The monoisotopic (exact) mass is 414 g/mol. The van der Waals surface area contributed by atoms with Gasteiger partial charge in [-0.05, 0) is 36.8 Å². The largest absolute Gasteiger partial charge is 0.369 e. The molecule has 3 rings (SSSR count). The zero-order valence-corrected chi connectivity index (χ0v) is 16.4. The summed E-state index contributed by atoms with van der Waals surface area (Å²) in [6, 6.07) is 18.3. The van der Waals surface area contributed by atoms with Crippen molar-refractivity contribution in [3.63, 3.8) is 0 Å². The molecule has 0 atom stereocenters. The normalized spacial score (nSPS) is 15.8. The Bertz CT molecular complexity index is 753. The second kappa shape index (κ2) is 8.96. The van der Waals surface area contributed by atoms with Crippen molar-refractivity contribution >= 4 is 33.2 Å². The summed E-state index contributed by atoms with van der Waals surface area (Å²) in [5, 5.41) is 4.22. The molecule has 0 radical (unpaired) electrons. The van der Waals surface area contributed by atoms with Crippen LogP contribution in [0.15, 0.2) is 64.2 Å². The fourth-order valence-electron chi connectivity index (χ4n) is 2.94. The molecule has 0 bridgehead atoms. The minimum atomic E-state index is -0.0744. The Kier molecular flexibility index (Phi) is 6.41. The van der Waals surface area contributed by atoms with E-state index in [1.165, 1.54) is 5.69 Å². The van der Waals surface area contributed by atoms with Crippen molar-refractivity contribution in [2.45, 2.75) is 6.92 Å². The van der Waals surface area contributed by atoms with Crippen LogP contribution in [0.4, 0.5) is 5.69 Å². The number of para-hydroxylation sites is 1. The van der Waals surface area contributed by atoms with Gasteiger partial charge in [-0.15, -0.1) is 0 Å². The molecule has 6 heteroatoms. The van der Waals surface area contributed by atoms with Crippen LogP contribution in [0.3, 0.4) is 0 Å². The van der Waals surface area contributed by atoms with E-state index in [4.69, 9.17) is 0 Å². The van der Waals surface area contributed by atoms with Crippen molar-refractivity contribution in [3.05, 3.63) is 64.6 Å². The van der Waals surface area contributed by atoms with E-state index in [0.717, 1.165) is 41.9 Å². The lowest BCUT2D eigenvalue weighted by molar-refractivity contribution is -0.122. The van der Waals surface area contributed by atoms with Gasteiger partial charge in [0.15, 0.2) is 0 Å². The van der Waals surface area contributed by atoms with E-state index in [2.05, 4.69) is 60.5 Å². The topological polar surface area (TPSA) is 47.9 Å². The van der Waals surface area contributed by atoms with E-state index in [1.807, 2.05) is 37.3 Å². The molecule has 1 heterocycles. The van der Waals surface area contributed by atoms with Crippen molar-refractivity contribution < 1.29 is 4.79 Å². The van der Waals surface area contributed by atoms with Gasteiger partial charge in [0.25, 0.3) is 5.91 Å². The van der Waals surface area contributed by atoms with E-state index >= 15 is 0 Å². The van der Waals surface area contributed by atoms with Crippen LogP contribution in [-0.2, 0) is 4.79 Å². The van der Waals surface area contributed by atoms with Crippen LogP contribution < -0.4 is 10.3 Å². The van der Waals surface area contributed by atoms with Crippen molar-refractivity contribution in [1.82, 2.24) is 10.3 Å². The summed E-state index contributed by atoms with van der Waals surface area (Å²) in [7, 11) is 0. The van der Waals surface area contributed by atoms with Gasteiger partial charge in [-0.1, -0.05) is 46.3 Å². The number of halogens is 1. The number of hydrogen-bond donors (Lipinski definition) is 1. The molecule has 0 unspecified atom stereocenters. The number of nitrogens with zero attached hydrogens (tertiary/aromatic N) is 3. The summed E-state index contributed by atoms with van der Waals surface area (Å²) in [6.07, 6.45) is 0. The van der Waals surface area contributed by atoms with Gasteiger partial charge in [-0.2, -0.15) is 5.10 Å². The predicted octanol–water partition coefficient (Wildman–Crippen LogP) is 3.11. The highest BCUT2D eigenvalue weighted by Crippen LogP contribution is 2.15. The third-order valence-electron chi connectivity index (χ3n) is 4.47. The van der Waals surface area contributed by atoms with Crippen LogP contribution in [0.25, 0.3) is 0 Å². The standard InChI is InChI=1S/C20H23BrN4O/c1-16(17-7-9-18(21)10-8-17)22-23-20(26)15-24-11-13-25(14-12-24)19-5-3-2-4-6-19/h2-10H,11-15H2,1H3,(H,23,26)/b22-16-. The summed E-state index contributed by atoms with van der Waals surface area (Å²) < 4.78 is 1.02. The maximum Gasteiger partial charge on any atom is 0.254 e. The van der Waals surface area contributed by atoms with Gasteiger partial charge in [-0.25, -0.2) is 5.43 Å². The van der Waals surface area contributed by atoms with Crippen LogP contribution in [0.2, 0.25) is 0 Å². The fourth-order valence-corrected chi connectivity index (χ4v) is 3.21. The molecule has 1 fully saturated rings. The third-order valence-corrected chi connectivity index (χ3v) is 5.00. The SMILES string of the molecule is C/C(=N/NC(=O)CN1CCN(c2ccccc2)CC1)c1ccc(Br)cc1. The Labute approximate surface area is 162 Å². The third kappa shape index (κ3) is 5.16. The predicted molar refractivity (Wildman–Crippen MR) is 110 cm³/mol. The first-order valence-corrected chi connectivity index (χ1v) is 9.52. The number of rotatable bonds is 5. The number of piperazine rings is 1. The molecule has 5 nitrogen and oxygen atoms in total. The average Bonchev–Trinajstić information content (AvgIpc) is 2.68. The number of anilines is 1. The van der Waals surface area contributed by atoms with Gasteiger partial charge in [0.1, 0.15) is 0 Å². The Balaban J connectivity index is 1.45. The summed E-state index contributed by atoms with van der Waals surface area (Å²) in [4.78, 5) is 16.7. The van der Waals surface area contributed by atoms with Crippen LogP contribution >= 0.6 is 15.9 Å². The Hall–Kier alpha value is -2.18. The first-order chi connectivity index (χ1) is 12.6. The van der Waals surface area contributed by atoms with Crippen molar-refractivity contribution in [1.29, 1.82) is 0 Å². The first kappa shape index (κ1) is 18.6. The zero-order chi connectivity index (χ0) is 18.4. The quantitative estimate of drug-likeness (QED) is 0.603. The zero-order valence-electron chi connectivity index (χ0n) is 14.9. The molecule has 0 spiro atoms. The Morgan fingerprint density at radius 1 is 1.04 bits per heavy atom. The highest BCUT2D eigenvalue weighted by Gasteiger charge is 2.18. The van der Waals surface area contributed by atoms with Gasteiger partial charge in [0.05, 0.1) is 12.3 Å². The molecule has 1 aliphatic heterocycles. The van der Waals surface area contributed by atoms with E-state index in [0.29, 0.717) is 6.54 Å². The minimum absolute atomic E-state index is 0.0744. The maximum absolute atomic E-state index is 12.2. The second-order valence-electron chi connectivity index (χ2n) is 6.34. The van der Waals surface area contributed by atoms with E-state index < -0.39 is 0 Å². The molecule has 136 valence electrons. The molecule has 1 N–H and O–H groups in total. The van der Waals surface area contributed by atoms with E-state index in [1.54, 1.807) is 0 Å². The number of benzene rings is 2. The van der Waals surface area contributed by atoms with Gasteiger partial charge in [0, 0.05) is 36.3 Å². The molecule has 1 aliphatic rings. The van der Waals surface area contributed by atoms with Crippen molar-refractivity contribution in [3.8, 4) is 0 Å². The molecule has 2 aromatic carbocycles. The average molecular weight is 415 g/mol. The molecule has 0 aliphatic carbocycles. The van der Waals surface area contributed by atoms with Gasteiger partial charge < -0.3 is 4.90 Å². The first-order valence-electron chi connectivity index (χ1n) is 8.73. The van der Waals surface area contributed by atoms with Crippen molar-refractivity contribution in [2.75, 3.05) is 37.6 Å². The Morgan fingerprint density at radius 3 is 2.35 bits per heavy atom. The number of hydrazone groups is 1. The second-order valence-corrected chi connectivity index (χ2v) is 7.25. The molecule has 1 amide bonds. The molecule has 0 aromatic heterocycles. The molecule has 26 heavy (non-hydrogen) atoms. The number of nitrogens with one attached hydrogen (secondary N) is 1. The summed E-state index contributed by atoms with van der Waals surface area (Å²) in [5.41, 5.74) is 5.69. The van der Waals surface area contributed by atoms with Crippen LogP contribution in [0.5, 0.6) is 0 Å². The molecule has 2 aromatic rings. The van der Waals surface area contributed by atoms with Gasteiger partial charge in [-0.3, -0.25) is 9.69 Å². The van der Waals surface area contributed by atoms with Crippen molar-refractivity contribution in [2.24, 2.45) is 5.10 Å². The lowest BCUT2D eigenvalue weighted by Gasteiger charge is -2.35. The maximum atomic E-state index is 12.2. The minimum Gasteiger partial charge on any atom is -0.369 e. The molecular formula is C20H23BrN4O. The fraction of sp³-hybridized carbons (Fsp3) is 0.300. The lowest BCUT2D eigenvalue weighted by atomic mass is 10.1. The van der Waals surface area contributed by atoms with Crippen LogP contribution in [0.1, 0.15) is 12.5 Å². The van der Waals surface area contributed by atoms with E-state index in [9.17, 15) is 4.79 Å². The lowest BCUT2D eigenvalue weighted by Crippen LogP contribution is -2.49. The molecule has 1 saturated heterocycles. The van der Waals surface area contributed by atoms with E-state index in [-0.39, 0.29) is 5.91 Å². The number of carbonyl (C=O) groups excluding carboxylic acids is 1.